The Morgan fingerprint density at radius 3 is 2.73 bits per heavy atom. The largest absolute Gasteiger partial charge is 0.396 e. The first-order valence-electron chi connectivity index (χ1n) is 10.4. The van der Waals surface area contributed by atoms with E-state index in [0.717, 1.165) is 11.3 Å². The first kappa shape index (κ1) is 21.9. The molecule has 0 aliphatic heterocycles. The number of hydrogen-bond donors (Lipinski definition) is 2. The molecular weight excluding hydrogens is 420 g/mol. The van der Waals surface area contributed by atoms with E-state index in [1.807, 2.05) is 36.5 Å². The monoisotopic (exact) mass is 442 g/mol. The molecule has 9 heteroatoms. The van der Waals surface area contributed by atoms with Crippen LogP contribution in [0, 0.1) is 11.3 Å². The molecular formula is C24H22N6O3. The van der Waals surface area contributed by atoms with Gasteiger partial charge in [0.2, 0.25) is 0 Å². The molecule has 3 aromatic heterocycles. The summed E-state index contributed by atoms with van der Waals surface area (Å²) in [5.41, 5.74) is 3.51. The van der Waals surface area contributed by atoms with Crippen molar-refractivity contribution < 1.29 is 14.7 Å². The van der Waals surface area contributed by atoms with Crippen LogP contribution in [0.3, 0.4) is 0 Å². The number of pyridine rings is 1. The summed E-state index contributed by atoms with van der Waals surface area (Å²) in [5, 5.41) is 25.3. The minimum absolute atomic E-state index is 0.0434. The number of carbonyl (C=O) groups is 2. The number of Topliss-reactive ketones (excluding diaryl/α,β-unsaturated/α-hetero) is 1. The van der Waals surface area contributed by atoms with E-state index in [4.69, 9.17) is 5.11 Å². The van der Waals surface area contributed by atoms with E-state index >= 15 is 0 Å². The fourth-order valence-electron chi connectivity index (χ4n) is 3.64. The number of amides is 1. The van der Waals surface area contributed by atoms with E-state index in [0.29, 0.717) is 23.2 Å². The van der Waals surface area contributed by atoms with Gasteiger partial charge < -0.3 is 14.8 Å². The van der Waals surface area contributed by atoms with Crippen LogP contribution in [0.1, 0.15) is 38.4 Å². The van der Waals surface area contributed by atoms with Gasteiger partial charge in [0.15, 0.2) is 5.78 Å². The van der Waals surface area contributed by atoms with E-state index < -0.39 is 5.91 Å². The lowest BCUT2D eigenvalue weighted by Crippen LogP contribution is -2.27. The summed E-state index contributed by atoms with van der Waals surface area (Å²) in [7, 11) is 1.59. The third kappa shape index (κ3) is 4.51. The molecule has 0 saturated carbocycles. The number of rotatable bonds is 8. The highest BCUT2D eigenvalue weighted by Gasteiger charge is 2.23. The van der Waals surface area contributed by atoms with Crippen LogP contribution in [0.25, 0.3) is 16.9 Å². The summed E-state index contributed by atoms with van der Waals surface area (Å²) in [6.45, 7) is 0.245. The Morgan fingerprint density at radius 2 is 2.00 bits per heavy atom. The summed E-state index contributed by atoms with van der Waals surface area (Å²) in [6.07, 6.45) is 5.17. The molecule has 4 aromatic rings. The number of imidazole rings is 1. The van der Waals surface area contributed by atoms with Gasteiger partial charge in [0.25, 0.3) is 5.91 Å². The van der Waals surface area contributed by atoms with E-state index in [1.165, 1.54) is 10.9 Å². The molecule has 166 valence electrons. The summed E-state index contributed by atoms with van der Waals surface area (Å²) < 4.78 is 3.12. The van der Waals surface area contributed by atoms with Gasteiger partial charge in [-0.05, 0) is 18.1 Å². The van der Waals surface area contributed by atoms with Gasteiger partial charge in [0.1, 0.15) is 17.4 Å². The van der Waals surface area contributed by atoms with Crippen molar-refractivity contribution in [3.63, 3.8) is 0 Å². The molecule has 4 rings (SSSR count). The fraction of sp³-hybridized carbons (Fsp3) is 0.208. The van der Waals surface area contributed by atoms with Crippen LogP contribution in [0.4, 0.5) is 0 Å². The number of aromatic nitrogens is 4. The first-order chi connectivity index (χ1) is 16.0. The van der Waals surface area contributed by atoms with Crippen molar-refractivity contribution in [2.24, 2.45) is 7.05 Å². The number of aliphatic hydroxyl groups excluding tert-OH is 1. The predicted octanol–water partition coefficient (Wildman–Crippen LogP) is 2.14. The molecule has 3 heterocycles. The number of nitrogens with zero attached hydrogens (tertiary/aromatic N) is 5. The molecule has 0 radical (unpaired) electrons. The summed E-state index contributed by atoms with van der Waals surface area (Å²) in [5.74, 6) is -0.769. The Bertz CT molecular complexity index is 1360. The number of nitrogens with one attached hydrogen (secondary N) is 1. The Balaban J connectivity index is 1.64. The Morgan fingerprint density at radius 1 is 1.21 bits per heavy atom. The van der Waals surface area contributed by atoms with E-state index in [-0.39, 0.29) is 36.6 Å². The normalized spacial score (nSPS) is 10.8. The van der Waals surface area contributed by atoms with Crippen LogP contribution in [0.5, 0.6) is 0 Å². The molecule has 0 fully saturated rings. The first-order valence-corrected chi connectivity index (χ1v) is 10.4. The van der Waals surface area contributed by atoms with Crippen LogP contribution in [-0.4, -0.2) is 49.1 Å². The van der Waals surface area contributed by atoms with E-state index in [9.17, 15) is 14.9 Å². The molecule has 0 bridgehead atoms. The molecule has 0 aliphatic carbocycles. The number of fused-ring (bicyclic) bond motifs is 1. The molecule has 9 nitrogen and oxygen atoms in total. The Labute approximate surface area is 189 Å². The maximum Gasteiger partial charge on any atom is 0.255 e. The quantitative estimate of drug-likeness (QED) is 0.318. The number of benzene rings is 1. The second kappa shape index (κ2) is 9.46. The highest BCUT2D eigenvalue weighted by atomic mass is 16.3. The maximum absolute atomic E-state index is 13.2. The van der Waals surface area contributed by atoms with Crippen molar-refractivity contribution in [3.8, 4) is 17.3 Å². The van der Waals surface area contributed by atoms with E-state index in [1.54, 1.807) is 23.7 Å². The lowest BCUT2D eigenvalue weighted by molar-refractivity contribution is 0.0929. The molecule has 0 unspecified atom stereocenters. The van der Waals surface area contributed by atoms with Gasteiger partial charge in [-0.3, -0.25) is 14.3 Å². The smallest absolute Gasteiger partial charge is 0.255 e. The molecule has 0 aliphatic rings. The Hall–Kier alpha value is -4.29. The highest BCUT2D eigenvalue weighted by molar-refractivity contribution is 6.07. The molecule has 0 saturated heterocycles. The number of aliphatic hydroxyl groups is 1. The number of carbonyl (C=O) groups excluding carboxylic acids is 2. The van der Waals surface area contributed by atoms with Gasteiger partial charge in [-0.15, -0.1) is 0 Å². The lowest BCUT2D eigenvalue weighted by Gasteiger charge is -2.08. The van der Waals surface area contributed by atoms with Crippen LogP contribution in [0.15, 0.2) is 55.0 Å². The van der Waals surface area contributed by atoms with Crippen molar-refractivity contribution in [2.75, 3.05) is 13.2 Å². The Kier molecular flexibility index (Phi) is 6.29. The highest BCUT2D eigenvalue weighted by Crippen LogP contribution is 2.22. The molecule has 1 aromatic carbocycles. The fourth-order valence-corrected chi connectivity index (χ4v) is 3.64. The zero-order valence-electron chi connectivity index (χ0n) is 18.0. The van der Waals surface area contributed by atoms with Crippen molar-refractivity contribution >= 4 is 17.3 Å². The second-order valence-corrected chi connectivity index (χ2v) is 7.55. The van der Waals surface area contributed by atoms with Gasteiger partial charge in [0.05, 0.1) is 23.0 Å². The van der Waals surface area contributed by atoms with Gasteiger partial charge in [-0.1, -0.05) is 30.3 Å². The summed E-state index contributed by atoms with van der Waals surface area (Å²) >= 11 is 0. The average Bonchev–Trinajstić information content (AvgIpc) is 3.42. The lowest BCUT2D eigenvalue weighted by atomic mass is 10.0. The topological polar surface area (TPSA) is 125 Å². The van der Waals surface area contributed by atoms with Crippen LogP contribution in [0.2, 0.25) is 0 Å². The van der Waals surface area contributed by atoms with Crippen molar-refractivity contribution in [3.05, 3.63) is 77.4 Å². The number of nitriles is 1. The standard InChI is InChI=1S/C24H22N6O3/c1-29-23(19(13-27-29)24(33)26-8-5-9-31)21(32)10-17-11-22-28-20(16-6-3-2-4-7-16)15-30(22)14-18(17)12-25/h2-4,6-7,11,13-15,31H,5,8-10H2,1H3,(H,26,33). The van der Waals surface area contributed by atoms with Gasteiger partial charge in [-0.2, -0.15) is 10.4 Å². The van der Waals surface area contributed by atoms with Gasteiger partial charge >= 0.3 is 0 Å². The van der Waals surface area contributed by atoms with E-state index in [2.05, 4.69) is 21.5 Å². The van der Waals surface area contributed by atoms with Crippen LogP contribution in [-0.2, 0) is 13.5 Å². The SMILES string of the molecule is Cn1ncc(C(=O)NCCCO)c1C(=O)Cc1cc2nc(-c3ccccc3)cn2cc1C#N. The molecule has 2 N–H and O–H groups in total. The third-order valence-electron chi connectivity index (χ3n) is 5.29. The zero-order chi connectivity index (χ0) is 23.4. The number of ketones is 1. The number of hydrogen-bond acceptors (Lipinski definition) is 6. The molecule has 1 amide bonds. The van der Waals surface area contributed by atoms with Crippen molar-refractivity contribution in [1.29, 1.82) is 5.26 Å². The van der Waals surface area contributed by atoms with Crippen molar-refractivity contribution in [1.82, 2.24) is 24.5 Å². The summed E-state index contributed by atoms with van der Waals surface area (Å²) in [6, 6.07) is 13.6. The predicted molar refractivity (Wildman–Crippen MR) is 121 cm³/mol. The molecule has 0 spiro atoms. The second-order valence-electron chi connectivity index (χ2n) is 7.55. The minimum Gasteiger partial charge on any atom is -0.396 e. The molecule has 33 heavy (non-hydrogen) atoms. The van der Waals surface area contributed by atoms with Crippen molar-refractivity contribution in [2.45, 2.75) is 12.8 Å². The summed E-state index contributed by atoms with van der Waals surface area (Å²) in [4.78, 5) is 30.3. The number of aryl methyl sites for hydroxylation is 1. The average molecular weight is 442 g/mol. The third-order valence-corrected chi connectivity index (χ3v) is 5.29. The van der Waals surface area contributed by atoms with Crippen LogP contribution < -0.4 is 5.32 Å². The van der Waals surface area contributed by atoms with Gasteiger partial charge in [-0.25, -0.2) is 4.98 Å². The maximum atomic E-state index is 13.2. The minimum atomic E-state index is -0.434. The zero-order valence-corrected chi connectivity index (χ0v) is 18.0. The molecule has 0 atom stereocenters. The van der Waals surface area contributed by atoms with Gasteiger partial charge in [0, 0.05) is 44.6 Å². The van der Waals surface area contributed by atoms with Crippen LogP contribution >= 0.6 is 0 Å².